The second kappa shape index (κ2) is 10.8. The van der Waals surface area contributed by atoms with E-state index >= 15 is 0 Å². The minimum Gasteiger partial charge on any atom is -0.395 e. The van der Waals surface area contributed by atoms with Crippen molar-refractivity contribution in [1.29, 1.82) is 0 Å². The highest BCUT2D eigenvalue weighted by atomic mass is 16.3. The maximum Gasteiger partial charge on any atom is 0.0579 e. The third-order valence-electron chi connectivity index (χ3n) is 0.417. The molecule has 1 atom stereocenters. The molecule has 9 heavy (non-hydrogen) atoms. The van der Waals surface area contributed by atoms with Crippen LogP contribution in [0.2, 0.25) is 0 Å². The van der Waals surface area contributed by atoms with E-state index in [1.807, 2.05) is 0 Å². The summed E-state index contributed by atoms with van der Waals surface area (Å²) in [6.07, 6.45) is 0. The molecule has 0 saturated heterocycles. The topological polar surface area (TPSA) is 92.5 Å². The van der Waals surface area contributed by atoms with Gasteiger partial charge in [-0.2, -0.15) is 0 Å². The van der Waals surface area contributed by atoms with Crippen LogP contribution in [0.15, 0.2) is 0 Å². The van der Waals surface area contributed by atoms with Gasteiger partial charge in [-0.1, -0.05) is 0 Å². The fraction of sp³-hybridized carbons (Fsp3) is 1.00. The molecular formula is C5H16N2O2. The summed E-state index contributed by atoms with van der Waals surface area (Å²) in [5.74, 6) is 0. The predicted molar refractivity (Wildman–Crippen MR) is 36.9 cm³/mol. The summed E-state index contributed by atoms with van der Waals surface area (Å²) in [7, 11) is 0. The summed E-state index contributed by atoms with van der Waals surface area (Å²) < 4.78 is 0. The van der Waals surface area contributed by atoms with Crippen LogP contribution < -0.4 is 11.5 Å². The summed E-state index contributed by atoms with van der Waals surface area (Å²) in [6, 6.07) is -0.0602. The Morgan fingerprint density at radius 3 is 1.67 bits per heavy atom. The Morgan fingerprint density at radius 1 is 1.44 bits per heavy atom. The molecule has 0 fully saturated rings. The van der Waals surface area contributed by atoms with Crippen LogP contribution in [0.1, 0.15) is 6.92 Å². The van der Waals surface area contributed by atoms with E-state index in [0.29, 0.717) is 6.54 Å². The normalized spacial score (nSPS) is 11.7. The van der Waals surface area contributed by atoms with Gasteiger partial charge in [0.1, 0.15) is 0 Å². The third-order valence-corrected chi connectivity index (χ3v) is 0.417. The van der Waals surface area contributed by atoms with E-state index in [1.54, 1.807) is 6.92 Å². The predicted octanol–water partition coefficient (Wildman–Crippen LogP) is -1.74. The monoisotopic (exact) mass is 136 g/mol. The Labute approximate surface area is 55.5 Å². The summed E-state index contributed by atoms with van der Waals surface area (Å²) >= 11 is 0. The van der Waals surface area contributed by atoms with Crippen molar-refractivity contribution in [1.82, 2.24) is 0 Å². The lowest BCUT2D eigenvalue weighted by molar-refractivity contribution is 0.273. The summed E-state index contributed by atoms with van der Waals surface area (Å²) in [5.41, 5.74) is 9.82. The molecule has 1 unspecified atom stereocenters. The van der Waals surface area contributed by atoms with Gasteiger partial charge < -0.3 is 21.7 Å². The van der Waals surface area contributed by atoms with E-state index in [1.165, 1.54) is 0 Å². The molecule has 0 aliphatic heterocycles. The second-order valence-corrected chi connectivity index (χ2v) is 1.67. The Bertz CT molecular complexity index is 39.9. The highest BCUT2D eigenvalue weighted by Crippen LogP contribution is 1.62. The molecule has 0 radical (unpaired) electrons. The molecule has 0 bridgehead atoms. The van der Waals surface area contributed by atoms with Gasteiger partial charge in [0.05, 0.1) is 13.2 Å². The number of nitrogens with two attached hydrogens (primary N) is 2. The number of hydrogen-bond acceptors (Lipinski definition) is 4. The molecule has 0 rings (SSSR count). The second-order valence-electron chi connectivity index (χ2n) is 1.67. The number of hydrogen-bond donors (Lipinski definition) is 4. The molecule has 0 aromatic carbocycles. The smallest absolute Gasteiger partial charge is 0.0579 e. The van der Waals surface area contributed by atoms with Crippen LogP contribution in [-0.2, 0) is 0 Å². The highest BCUT2D eigenvalue weighted by Gasteiger charge is 1.81. The molecule has 0 aromatic rings. The van der Waals surface area contributed by atoms with Crippen molar-refractivity contribution in [2.24, 2.45) is 11.5 Å². The first-order chi connectivity index (χ1) is 4.18. The summed E-state index contributed by atoms with van der Waals surface area (Å²) in [5, 5.41) is 15.8. The van der Waals surface area contributed by atoms with Crippen LogP contribution in [-0.4, -0.2) is 36.0 Å². The summed E-state index contributed by atoms with van der Waals surface area (Å²) in [4.78, 5) is 0. The third kappa shape index (κ3) is 33.2. The minimum absolute atomic E-state index is 0.0602. The maximum absolute atomic E-state index is 8.02. The molecule has 0 aliphatic carbocycles. The van der Waals surface area contributed by atoms with Crippen LogP contribution in [0.4, 0.5) is 0 Å². The standard InChI is InChI=1S/C3H9NO.C2H7NO/c1-3(4)2-5;3-1-2-4/h3,5H,2,4H2,1H3;4H,1-3H2. The number of aliphatic hydroxyl groups excluding tert-OH is 2. The molecule has 0 aliphatic rings. The summed E-state index contributed by atoms with van der Waals surface area (Å²) in [6.45, 7) is 2.31. The Kier molecular flexibility index (Phi) is 13.9. The molecule has 0 amide bonds. The molecule has 0 heterocycles. The molecule has 58 valence electrons. The largest absolute Gasteiger partial charge is 0.395 e. The zero-order valence-corrected chi connectivity index (χ0v) is 5.75. The van der Waals surface area contributed by atoms with Crippen molar-refractivity contribution in [2.75, 3.05) is 19.8 Å². The van der Waals surface area contributed by atoms with E-state index in [2.05, 4.69) is 0 Å². The lowest BCUT2D eigenvalue weighted by Gasteiger charge is -1.91. The van der Waals surface area contributed by atoms with Crippen molar-refractivity contribution >= 4 is 0 Å². The Morgan fingerprint density at radius 2 is 1.67 bits per heavy atom. The van der Waals surface area contributed by atoms with E-state index in [4.69, 9.17) is 21.7 Å². The zero-order valence-electron chi connectivity index (χ0n) is 5.75. The average Bonchev–Trinajstić information content (AvgIpc) is 1.89. The lowest BCUT2D eigenvalue weighted by Crippen LogP contribution is -2.18. The van der Waals surface area contributed by atoms with Gasteiger partial charge in [-0.15, -0.1) is 0 Å². The van der Waals surface area contributed by atoms with E-state index < -0.39 is 0 Å². The van der Waals surface area contributed by atoms with Gasteiger partial charge in [0.15, 0.2) is 0 Å². The van der Waals surface area contributed by atoms with Gasteiger partial charge >= 0.3 is 0 Å². The average molecular weight is 136 g/mol. The van der Waals surface area contributed by atoms with Gasteiger partial charge in [-0.3, -0.25) is 0 Å². The molecule has 4 heteroatoms. The van der Waals surface area contributed by atoms with Gasteiger partial charge in [-0.05, 0) is 6.92 Å². The van der Waals surface area contributed by atoms with Crippen LogP contribution in [0.3, 0.4) is 0 Å². The van der Waals surface area contributed by atoms with Gasteiger partial charge in [-0.25, -0.2) is 0 Å². The molecule has 0 spiro atoms. The van der Waals surface area contributed by atoms with Crippen molar-refractivity contribution in [3.05, 3.63) is 0 Å². The van der Waals surface area contributed by atoms with Crippen LogP contribution in [0.5, 0.6) is 0 Å². The maximum atomic E-state index is 8.02. The van der Waals surface area contributed by atoms with Gasteiger partial charge in [0.25, 0.3) is 0 Å². The first kappa shape index (κ1) is 11.6. The lowest BCUT2D eigenvalue weighted by atomic mass is 10.4. The van der Waals surface area contributed by atoms with E-state index in [-0.39, 0.29) is 19.3 Å². The van der Waals surface area contributed by atoms with Crippen molar-refractivity contribution < 1.29 is 10.2 Å². The quantitative estimate of drug-likeness (QED) is 0.363. The number of aliphatic hydroxyl groups is 2. The van der Waals surface area contributed by atoms with Gasteiger partial charge in [0, 0.05) is 12.6 Å². The van der Waals surface area contributed by atoms with Gasteiger partial charge in [0.2, 0.25) is 0 Å². The van der Waals surface area contributed by atoms with Crippen molar-refractivity contribution in [2.45, 2.75) is 13.0 Å². The van der Waals surface area contributed by atoms with Crippen molar-refractivity contribution in [3.63, 3.8) is 0 Å². The van der Waals surface area contributed by atoms with E-state index in [9.17, 15) is 0 Å². The fourth-order valence-electron chi connectivity index (χ4n) is 0. The fourth-order valence-corrected chi connectivity index (χ4v) is 0. The number of rotatable bonds is 2. The minimum atomic E-state index is -0.0602. The van der Waals surface area contributed by atoms with Crippen LogP contribution in [0.25, 0.3) is 0 Å². The first-order valence-electron chi connectivity index (χ1n) is 2.86. The van der Waals surface area contributed by atoms with Crippen molar-refractivity contribution in [3.8, 4) is 0 Å². The van der Waals surface area contributed by atoms with Crippen LogP contribution in [0, 0.1) is 0 Å². The molecule has 6 N–H and O–H groups in total. The molecular weight excluding hydrogens is 120 g/mol. The molecule has 0 saturated carbocycles. The van der Waals surface area contributed by atoms with E-state index in [0.717, 1.165) is 0 Å². The SMILES string of the molecule is CC(N)CO.NCCO. The Balaban J connectivity index is 0. The first-order valence-corrected chi connectivity index (χ1v) is 2.86. The van der Waals surface area contributed by atoms with Crippen LogP contribution >= 0.6 is 0 Å². The highest BCUT2D eigenvalue weighted by molar-refractivity contribution is 4.43. The molecule has 4 nitrogen and oxygen atoms in total. The molecule has 0 aromatic heterocycles. The Hall–Kier alpha value is -0.160. The zero-order chi connectivity index (χ0) is 7.70.